The predicted octanol–water partition coefficient (Wildman–Crippen LogP) is 3.14. The van der Waals surface area contributed by atoms with Crippen molar-refractivity contribution in [2.75, 3.05) is 36.9 Å². The smallest absolute Gasteiger partial charge is 0.244 e. The molecule has 0 bridgehead atoms. The third-order valence-electron chi connectivity index (χ3n) is 6.58. The molecule has 11 heteroatoms. The molecule has 1 heterocycles. The van der Waals surface area contributed by atoms with Gasteiger partial charge < -0.3 is 19.7 Å². The molecule has 1 N–H and O–H groups in total. The van der Waals surface area contributed by atoms with Gasteiger partial charge in [-0.25, -0.2) is 12.8 Å². The van der Waals surface area contributed by atoms with E-state index < -0.39 is 40.2 Å². The summed E-state index contributed by atoms with van der Waals surface area (Å²) in [6, 6.07) is 18.5. The van der Waals surface area contributed by atoms with E-state index in [4.69, 9.17) is 9.47 Å². The Kier molecular flexibility index (Phi) is 9.26. The van der Waals surface area contributed by atoms with E-state index in [2.05, 4.69) is 5.32 Å². The van der Waals surface area contributed by atoms with Gasteiger partial charge in [-0.05, 0) is 42.3 Å². The second kappa shape index (κ2) is 12.8. The van der Waals surface area contributed by atoms with Crippen LogP contribution < -0.4 is 19.1 Å². The Labute approximate surface area is 233 Å². The number of fused-ring (bicyclic) bond motifs is 1. The molecule has 40 heavy (non-hydrogen) atoms. The van der Waals surface area contributed by atoms with Gasteiger partial charge in [-0.15, -0.1) is 0 Å². The molecule has 2 amide bonds. The van der Waals surface area contributed by atoms with Crippen LogP contribution in [-0.4, -0.2) is 63.7 Å². The maximum Gasteiger partial charge on any atom is 0.244 e. The minimum absolute atomic E-state index is 0.0365. The van der Waals surface area contributed by atoms with E-state index in [-0.39, 0.29) is 24.4 Å². The van der Waals surface area contributed by atoms with Crippen molar-refractivity contribution in [2.24, 2.45) is 0 Å². The average molecular weight is 570 g/mol. The van der Waals surface area contributed by atoms with Crippen LogP contribution in [0.25, 0.3) is 0 Å². The summed E-state index contributed by atoms with van der Waals surface area (Å²) in [6.45, 7) is 1.59. The summed E-state index contributed by atoms with van der Waals surface area (Å²) >= 11 is 0. The zero-order valence-electron chi connectivity index (χ0n) is 22.4. The highest BCUT2D eigenvalue weighted by molar-refractivity contribution is 7.92. The molecule has 0 saturated carbocycles. The Morgan fingerprint density at radius 1 is 0.950 bits per heavy atom. The van der Waals surface area contributed by atoms with Gasteiger partial charge in [-0.1, -0.05) is 42.5 Å². The summed E-state index contributed by atoms with van der Waals surface area (Å²) in [5.41, 5.74) is 1.64. The number of carbonyl (C=O) groups is 2. The van der Waals surface area contributed by atoms with Crippen molar-refractivity contribution in [1.29, 1.82) is 0 Å². The van der Waals surface area contributed by atoms with E-state index in [1.54, 1.807) is 12.1 Å². The van der Waals surface area contributed by atoms with Crippen LogP contribution in [0.5, 0.6) is 11.5 Å². The summed E-state index contributed by atoms with van der Waals surface area (Å²) in [7, 11) is -2.44. The molecule has 1 atom stereocenters. The van der Waals surface area contributed by atoms with Gasteiger partial charge in [-0.2, -0.15) is 0 Å². The molecule has 0 aromatic heterocycles. The maximum atomic E-state index is 14.0. The summed E-state index contributed by atoms with van der Waals surface area (Å²) in [5, 5.41) is 2.62. The number of nitrogens with zero attached hydrogens (tertiary/aromatic N) is 2. The van der Waals surface area contributed by atoms with Crippen LogP contribution >= 0.6 is 0 Å². The van der Waals surface area contributed by atoms with Gasteiger partial charge in [0, 0.05) is 26.1 Å². The van der Waals surface area contributed by atoms with E-state index in [1.807, 2.05) is 30.3 Å². The fourth-order valence-electron chi connectivity index (χ4n) is 4.41. The highest BCUT2D eigenvalue weighted by Crippen LogP contribution is 2.35. The fraction of sp³-hybridized carbons (Fsp3) is 0.310. The number of hydrogen-bond acceptors (Lipinski definition) is 6. The third-order valence-corrected chi connectivity index (χ3v) is 8.32. The van der Waals surface area contributed by atoms with Crippen LogP contribution in [0.2, 0.25) is 0 Å². The average Bonchev–Trinajstić information content (AvgIpc) is 2.98. The number of carbonyl (C=O) groups excluding carboxylic acids is 2. The lowest BCUT2D eigenvalue weighted by atomic mass is 10.0. The molecule has 0 unspecified atom stereocenters. The molecule has 9 nitrogen and oxygen atoms in total. The van der Waals surface area contributed by atoms with Crippen LogP contribution in [-0.2, 0) is 32.6 Å². The number of rotatable bonds is 11. The van der Waals surface area contributed by atoms with Crippen molar-refractivity contribution < 1.29 is 31.9 Å². The van der Waals surface area contributed by atoms with Gasteiger partial charge in [0.15, 0.2) is 11.5 Å². The number of hydrogen-bond donors (Lipinski definition) is 1. The lowest BCUT2D eigenvalue weighted by molar-refractivity contribution is -0.139. The highest BCUT2D eigenvalue weighted by Gasteiger charge is 2.33. The van der Waals surface area contributed by atoms with Crippen molar-refractivity contribution in [1.82, 2.24) is 10.2 Å². The Bertz CT molecular complexity index is 1430. The molecule has 1 aliphatic heterocycles. The summed E-state index contributed by atoms with van der Waals surface area (Å²) < 4.78 is 52.3. The predicted molar refractivity (Wildman–Crippen MR) is 149 cm³/mol. The van der Waals surface area contributed by atoms with Crippen molar-refractivity contribution in [3.05, 3.63) is 89.7 Å². The fourth-order valence-corrected chi connectivity index (χ4v) is 5.47. The number of nitrogens with one attached hydrogen (secondary N) is 1. The molecule has 0 radical (unpaired) electrons. The lowest BCUT2D eigenvalue weighted by Crippen LogP contribution is -2.53. The van der Waals surface area contributed by atoms with E-state index in [1.165, 1.54) is 49.2 Å². The van der Waals surface area contributed by atoms with Crippen LogP contribution in [0, 0.1) is 5.82 Å². The van der Waals surface area contributed by atoms with Gasteiger partial charge >= 0.3 is 0 Å². The Hall–Kier alpha value is -4.12. The largest absolute Gasteiger partial charge is 0.486 e. The zero-order chi connectivity index (χ0) is 28.7. The molecule has 3 aromatic rings. The monoisotopic (exact) mass is 569 g/mol. The van der Waals surface area contributed by atoms with Crippen molar-refractivity contribution in [2.45, 2.75) is 25.9 Å². The lowest BCUT2D eigenvalue weighted by Gasteiger charge is -2.33. The Morgan fingerprint density at radius 3 is 2.27 bits per heavy atom. The first-order valence-electron chi connectivity index (χ1n) is 12.9. The van der Waals surface area contributed by atoms with E-state index in [9.17, 15) is 22.4 Å². The van der Waals surface area contributed by atoms with Crippen LogP contribution in [0.3, 0.4) is 0 Å². The number of benzene rings is 3. The van der Waals surface area contributed by atoms with E-state index >= 15 is 0 Å². The molecule has 3 aromatic carbocycles. The van der Waals surface area contributed by atoms with Gasteiger partial charge in [0.2, 0.25) is 21.8 Å². The first-order valence-corrected chi connectivity index (χ1v) is 14.5. The molecule has 4 rings (SSSR count). The highest BCUT2D eigenvalue weighted by atomic mass is 32.2. The first-order chi connectivity index (χ1) is 19.2. The number of ether oxygens (including phenoxy) is 2. The summed E-state index contributed by atoms with van der Waals surface area (Å²) in [6.07, 6.45) is 0.192. The summed E-state index contributed by atoms with van der Waals surface area (Å²) in [5.74, 6) is -0.842. The minimum Gasteiger partial charge on any atom is -0.486 e. The number of halogens is 1. The maximum absolute atomic E-state index is 14.0. The second-order valence-electron chi connectivity index (χ2n) is 9.20. The standard InChI is InChI=1S/C29H32FN3O6S/c1-3-40(36,37)33(24-13-14-26-27(18-24)39-16-15-38-26)20-28(34)32(19-22-9-11-23(30)12-10-22)25(29(35)31-2)17-21-7-5-4-6-8-21/h4-14,18,25H,3,15-17,19-20H2,1-2H3,(H,31,35)/t25-/m0/s1. The van der Waals surface area contributed by atoms with Crippen molar-refractivity contribution in [3.8, 4) is 11.5 Å². The van der Waals surface area contributed by atoms with E-state index in [0.717, 1.165) is 9.87 Å². The molecule has 0 spiro atoms. The number of anilines is 1. The molecule has 0 saturated heterocycles. The Balaban J connectivity index is 1.72. The van der Waals surface area contributed by atoms with Gasteiger partial charge in [-0.3, -0.25) is 13.9 Å². The van der Waals surface area contributed by atoms with Crippen molar-refractivity contribution >= 4 is 27.5 Å². The summed E-state index contributed by atoms with van der Waals surface area (Å²) in [4.78, 5) is 28.5. The molecule has 212 valence electrons. The Morgan fingerprint density at radius 2 is 1.62 bits per heavy atom. The normalized spacial score (nSPS) is 13.3. The molecule has 1 aliphatic rings. The molecule has 0 fully saturated rings. The molecular weight excluding hydrogens is 537 g/mol. The molecular formula is C29H32FN3O6S. The van der Waals surface area contributed by atoms with Crippen LogP contribution in [0.15, 0.2) is 72.8 Å². The number of amides is 2. The third kappa shape index (κ3) is 6.90. The van der Waals surface area contributed by atoms with Gasteiger partial charge in [0.05, 0.1) is 11.4 Å². The number of sulfonamides is 1. The topological polar surface area (TPSA) is 105 Å². The van der Waals surface area contributed by atoms with Gasteiger partial charge in [0.25, 0.3) is 0 Å². The minimum atomic E-state index is -3.92. The number of likely N-dealkylation sites (N-methyl/N-ethyl adjacent to an activating group) is 1. The van der Waals surface area contributed by atoms with Gasteiger partial charge in [0.1, 0.15) is 31.6 Å². The van der Waals surface area contributed by atoms with Crippen LogP contribution in [0.4, 0.5) is 10.1 Å². The first kappa shape index (κ1) is 28.9. The zero-order valence-corrected chi connectivity index (χ0v) is 23.2. The molecule has 0 aliphatic carbocycles. The van der Waals surface area contributed by atoms with E-state index in [0.29, 0.717) is 30.3 Å². The SMILES string of the molecule is CCS(=O)(=O)N(CC(=O)N(Cc1ccc(F)cc1)[C@@H](Cc1ccccc1)C(=O)NC)c1ccc2c(c1)OCCO2. The second-order valence-corrected chi connectivity index (χ2v) is 11.4. The van der Waals surface area contributed by atoms with Crippen LogP contribution in [0.1, 0.15) is 18.1 Å². The van der Waals surface area contributed by atoms with Crippen molar-refractivity contribution in [3.63, 3.8) is 0 Å². The quantitative estimate of drug-likeness (QED) is 0.381.